The van der Waals surface area contributed by atoms with Crippen LogP contribution in [0.1, 0.15) is 44.0 Å². The average molecular weight is 280 g/mol. The number of aryl methyl sites for hydroxylation is 1. The Hall–Kier alpha value is -0.970. The lowest BCUT2D eigenvalue weighted by Crippen LogP contribution is -2.29. The van der Waals surface area contributed by atoms with Crippen LogP contribution < -0.4 is 11.1 Å². The Kier molecular flexibility index (Phi) is 4.91. The van der Waals surface area contributed by atoms with Gasteiger partial charge in [0.25, 0.3) is 0 Å². The maximum Gasteiger partial charge on any atom is 0.134 e. The molecule has 0 aliphatic heterocycles. The number of nitrogens with one attached hydrogen (secondary N) is 1. The van der Waals surface area contributed by atoms with Gasteiger partial charge in [0.1, 0.15) is 17.5 Å². The number of thioether (sulfide) groups is 1. The van der Waals surface area contributed by atoms with Gasteiger partial charge in [-0.3, -0.25) is 0 Å². The Morgan fingerprint density at radius 3 is 2.84 bits per heavy atom. The van der Waals surface area contributed by atoms with Gasteiger partial charge in [0.05, 0.1) is 0 Å². The minimum absolute atomic E-state index is 0.518. The summed E-state index contributed by atoms with van der Waals surface area (Å²) in [6.07, 6.45) is 8.09. The zero-order valence-electron chi connectivity index (χ0n) is 12.1. The van der Waals surface area contributed by atoms with E-state index in [1.807, 2.05) is 18.7 Å². The van der Waals surface area contributed by atoms with Crippen molar-refractivity contribution < 1.29 is 0 Å². The molecule has 1 aromatic heterocycles. The van der Waals surface area contributed by atoms with Crippen LogP contribution in [0.3, 0.4) is 0 Å². The topological polar surface area (TPSA) is 63.8 Å². The Labute approximate surface area is 120 Å². The van der Waals surface area contributed by atoms with Gasteiger partial charge in [-0.25, -0.2) is 9.97 Å². The van der Waals surface area contributed by atoms with Gasteiger partial charge >= 0.3 is 0 Å². The highest BCUT2D eigenvalue weighted by Crippen LogP contribution is 2.29. The van der Waals surface area contributed by atoms with Crippen LogP contribution in [0.2, 0.25) is 0 Å². The molecule has 1 aliphatic rings. The molecule has 0 spiro atoms. The lowest BCUT2D eigenvalue weighted by Gasteiger charge is -2.29. The number of hydrogen-bond donors (Lipinski definition) is 2. The summed E-state index contributed by atoms with van der Waals surface area (Å²) < 4.78 is 0. The SMILES string of the molecule is CCc1nc(N)c(C)c(NC2CCCC(SC)C2)n1. The summed E-state index contributed by atoms with van der Waals surface area (Å²) in [5.41, 5.74) is 6.94. The van der Waals surface area contributed by atoms with Gasteiger partial charge in [-0.1, -0.05) is 13.3 Å². The summed E-state index contributed by atoms with van der Waals surface area (Å²) in [5.74, 6) is 2.35. The Bertz CT molecular complexity index is 436. The second-order valence-electron chi connectivity index (χ2n) is 5.22. The van der Waals surface area contributed by atoms with Gasteiger partial charge < -0.3 is 11.1 Å². The zero-order valence-corrected chi connectivity index (χ0v) is 12.9. The first kappa shape index (κ1) is 14.4. The Morgan fingerprint density at radius 1 is 1.37 bits per heavy atom. The highest BCUT2D eigenvalue weighted by Gasteiger charge is 2.22. The fraction of sp³-hybridized carbons (Fsp3) is 0.714. The highest BCUT2D eigenvalue weighted by molar-refractivity contribution is 7.99. The van der Waals surface area contributed by atoms with Crippen molar-refractivity contribution in [3.63, 3.8) is 0 Å². The van der Waals surface area contributed by atoms with Crippen LogP contribution >= 0.6 is 11.8 Å². The third kappa shape index (κ3) is 3.53. The van der Waals surface area contributed by atoms with E-state index in [1.165, 1.54) is 25.7 Å². The molecule has 5 heteroatoms. The molecule has 106 valence electrons. The average Bonchev–Trinajstić information content (AvgIpc) is 2.43. The van der Waals surface area contributed by atoms with Crippen LogP contribution in [0.25, 0.3) is 0 Å². The lowest BCUT2D eigenvalue weighted by atomic mass is 9.95. The molecule has 0 radical (unpaired) electrons. The van der Waals surface area contributed by atoms with E-state index in [0.29, 0.717) is 11.9 Å². The summed E-state index contributed by atoms with van der Waals surface area (Å²) in [6.45, 7) is 4.05. The largest absolute Gasteiger partial charge is 0.383 e. The Morgan fingerprint density at radius 2 is 2.16 bits per heavy atom. The van der Waals surface area contributed by atoms with Crippen molar-refractivity contribution in [2.24, 2.45) is 0 Å². The van der Waals surface area contributed by atoms with Gasteiger partial charge in [-0.2, -0.15) is 11.8 Å². The predicted octanol–water partition coefficient (Wildman–Crippen LogP) is 3.02. The number of nitrogens with two attached hydrogens (primary N) is 1. The minimum Gasteiger partial charge on any atom is -0.383 e. The highest BCUT2D eigenvalue weighted by atomic mass is 32.2. The number of anilines is 2. The first-order valence-electron chi connectivity index (χ1n) is 7.06. The fourth-order valence-corrected chi connectivity index (χ4v) is 3.39. The molecule has 4 nitrogen and oxygen atoms in total. The molecule has 0 aromatic carbocycles. The van der Waals surface area contributed by atoms with E-state index in [4.69, 9.17) is 5.73 Å². The van der Waals surface area contributed by atoms with Crippen molar-refractivity contribution in [3.05, 3.63) is 11.4 Å². The molecule has 1 heterocycles. The maximum atomic E-state index is 5.96. The molecular weight excluding hydrogens is 256 g/mol. The van der Waals surface area contributed by atoms with E-state index in [0.717, 1.165) is 28.9 Å². The second kappa shape index (κ2) is 6.46. The third-order valence-corrected chi connectivity index (χ3v) is 4.94. The number of hydrogen-bond acceptors (Lipinski definition) is 5. The predicted molar refractivity (Wildman–Crippen MR) is 83.7 cm³/mol. The summed E-state index contributed by atoms with van der Waals surface area (Å²) in [4.78, 5) is 8.89. The normalized spacial score (nSPS) is 23.3. The molecule has 2 rings (SSSR count). The fourth-order valence-electron chi connectivity index (χ4n) is 2.56. The summed E-state index contributed by atoms with van der Waals surface area (Å²) in [7, 11) is 0. The number of nitrogens with zero attached hydrogens (tertiary/aromatic N) is 2. The minimum atomic E-state index is 0.518. The Balaban J connectivity index is 2.11. The van der Waals surface area contributed by atoms with E-state index >= 15 is 0 Å². The molecule has 0 saturated heterocycles. The smallest absolute Gasteiger partial charge is 0.134 e. The molecule has 2 unspecified atom stereocenters. The van der Waals surface area contributed by atoms with Crippen molar-refractivity contribution >= 4 is 23.4 Å². The molecule has 1 aromatic rings. The summed E-state index contributed by atoms with van der Waals surface area (Å²) in [6, 6.07) is 0.518. The lowest BCUT2D eigenvalue weighted by molar-refractivity contribution is 0.472. The van der Waals surface area contributed by atoms with Crippen molar-refractivity contribution in [3.8, 4) is 0 Å². The van der Waals surface area contributed by atoms with Gasteiger partial charge in [0, 0.05) is 23.3 Å². The van der Waals surface area contributed by atoms with Crippen molar-refractivity contribution in [1.82, 2.24) is 9.97 Å². The van der Waals surface area contributed by atoms with Crippen LogP contribution in [-0.2, 0) is 6.42 Å². The zero-order chi connectivity index (χ0) is 13.8. The second-order valence-corrected chi connectivity index (χ2v) is 6.36. The molecule has 0 bridgehead atoms. The van der Waals surface area contributed by atoms with Gasteiger partial charge in [0.15, 0.2) is 0 Å². The van der Waals surface area contributed by atoms with E-state index in [1.54, 1.807) is 0 Å². The number of nitrogen functional groups attached to an aromatic ring is 1. The van der Waals surface area contributed by atoms with Crippen molar-refractivity contribution in [2.45, 2.75) is 57.2 Å². The van der Waals surface area contributed by atoms with Crippen LogP contribution in [-0.4, -0.2) is 27.5 Å². The first-order valence-corrected chi connectivity index (χ1v) is 8.35. The maximum absolute atomic E-state index is 5.96. The molecule has 1 aliphatic carbocycles. The summed E-state index contributed by atoms with van der Waals surface area (Å²) >= 11 is 1.98. The quantitative estimate of drug-likeness (QED) is 0.887. The standard InChI is InChI=1S/C14H24N4S/c1-4-12-17-13(15)9(2)14(18-12)16-10-6-5-7-11(8-10)19-3/h10-11H,4-8H2,1-3H3,(H3,15,16,17,18). The molecular formula is C14H24N4S. The van der Waals surface area contributed by atoms with Crippen LogP contribution in [0, 0.1) is 6.92 Å². The van der Waals surface area contributed by atoms with Crippen molar-refractivity contribution in [2.75, 3.05) is 17.3 Å². The number of aromatic nitrogens is 2. The van der Waals surface area contributed by atoms with Crippen LogP contribution in [0.4, 0.5) is 11.6 Å². The first-order chi connectivity index (χ1) is 9.13. The van der Waals surface area contributed by atoms with Crippen LogP contribution in [0.5, 0.6) is 0 Å². The molecule has 19 heavy (non-hydrogen) atoms. The van der Waals surface area contributed by atoms with Gasteiger partial charge in [-0.15, -0.1) is 0 Å². The van der Waals surface area contributed by atoms with E-state index in [2.05, 4.69) is 28.5 Å². The molecule has 1 saturated carbocycles. The summed E-state index contributed by atoms with van der Waals surface area (Å²) in [5, 5.41) is 4.36. The van der Waals surface area contributed by atoms with Crippen LogP contribution in [0.15, 0.2) is 0 Å². The molecule has 0 amide bonds. The van der Waals surface area contributed by atoms with Gasteiger partial charge in [0.2, 0.25) is 0 Å². The van der Waals surface area contributed by atoms with E-state index in [9.17, 15) is 0 Å². The van der Waals surface area contributed by atoms with E-state index < -0.39 is 0 Å². The molecule has 1 fully saturated rings. The monoisotopic (exact) mass is 280 g/mol. The number of rotatable bonds is 4. The van der Waals surface area contributed by atoms with E-state index in [-0.39, 0.29) is 0 Å². The third-order valence-electron chi connectivity index (χ3n) is 3.85. The van der Waals surface area contributed by atoms with Crippen molar-refractivity contribution in [1.29, 1.82) is 0 Å². The van der Waals surface area contributed by atoms with Gasteiger partial charge in [-0.05, 0) is 32.4 Å². The molecule has 3 N–H and O–H groups in total. The molecule has 2 atom stereocenters.